The molecule has 0 saturated carbocycles. The molecule has 3 aromatic rings. The molecule has 0 spiro atoms. The fourth-order valence-corrected chi connectivity index (χ4v) is 3.90. The van der Waals surface area contributed by atoms with E-state index in [0.29, 0.717) is 34.3 Å². The first kappa shape index (κ1) is 15.8. The summed E-state index contributed by atoms with van der Waals surface area (Å²) in [5.74, 6) is 1.45. The number of hydrogen-bond donors (Lipinski definition) is 0. The summed E-state index contributed by atoms with van der Waals surface area (Å²) in [7, 11) is 0. The van der Waals surface area contributed by atoms with Gasteiger partial charge in [-0.1, -0.05) is 11.3 Å². The zero-order valence-electron chi connectivity index (χ0n) is 13.9. The Morgan fingerprint density at radius 1 is 1.16 bits per heavy atom. The molecule has 0 aliphatic carbocycles. The average Bonchev–Trinajstić information content (AvgIpc) is 2.61. The van der Waals surface area contributed by atoms with Crippen LogP contribution in [0.2, 0.25) is 0 Å². The van der Waals surface area contributed by atoms with Crippen LogP contribution in [0.25, 0.3) is 10.2 Å². The number of anilines is 2. The van der Waals surface area contributed by atoms with E-state index < -0.39 is 0 Å². The highest BCUT2D eigenvalue weighted by atomic mass is 32.1. The molecule has 6 nitrogen and oxygen atoms in total. The molecule has 0 N–H and O–H groups in total. The molecule has 0 unspecified atom stereocenters. The third kappa shape index (κ3) is 2.91. The normalized spacial score (nSPS) is 13.2. The lowest BCUT2D eigenvalue weighted by Crippen LogP contribution is -2.27. The minimum Gasteiger partial charge on any atom is -0.486 e. The summed E-state index contributed by atoms with van der Waals surface area (Å²) >= 11 is 1.40. The number of aromatic nitrogens is 2. The molecule has 4 rings (SSSR count). The maximum absolute atomic E-state index is 12.4. The molecule has 1 aliphatic rings. The number of pyridine rings is 1. The van der Waals surface area contributed by atoms with Crippen LogP contribution in [-0.2, 0) is 0 Å². The molecule has 1 aromatic carbocycles. The quantitative estimate of drug-likeness (QED) is 0.718. The second kappa shape index (κ2) is 6.33. The van der Waals surface area contributed by atoms with Gasteiger partial charge in [-0.05, 0) is 38.1 Å². The van der Waals surface area contributed by atoms with Crippen molar-refractivity contribution in [3.8, 4) is 11.5 Å². The lowest BCUT2D eigenvalue weighted by molar-refractivity contribution is 0.171. The first-order valence-corrected chi connectivity index (χ1v) is 8.90. The Morgan fingerprint density at radius 3 is 2.76 bits per heavy atom. The fraction of sp³-hybridized carbons (Fsp3) is 0.278. The second-order valence-corrected chi connectivity index (χ2v) is 6.91. The van der Waals surface area contributed by atoms with Crippen molar-refractivity contribution < 1.29 is 9.47 Å². The van der Waals surface area contributed by atoms with Gasteiger partial charge in [-0.3, -0.25) is 4.79 Å². The predicted octanol–water partition coefficient (Wildman–Crippen LogP) is 3.37. The van der Waals surface area contributed by atoms with E-state index in [0.717, 1.165) is 11.4 Å². The topological polar surface area (TPSA) is 64.6 Å². The van der Waals surface area contributed by atoms with Crippen molar-refractivity contribution in [1.29, 1.82) is 0 Å². The van der Waals surface area contributed by atoms with Gasteiger partial charge >= 0.3 is 0 Å². The summed E-state index contributed by atoms with van der Waals surface area (Å²) in [5.41, 5.74) is 0.637. The molecule has 3 heterocycles. The molecule has 128 valence electrons. The molecule has 0 bridgehead atoms. The number of benzene rings is 1. The van der Waals surface area contributed by atoms with Gasteiger partial charge < -0.3 is 14.4 Å². The Morgan fingerprint density at radius 2 is 1.96 bits per heavy atom. The van der Waals surface area contributed by atoms with Crippen LogP contribution < -0.4 is 19.9 Å². The van der Waals surface area contributed by atoms with Gasteiger partial charge in [0.1, 0.15) is 18.0 Å². The summed E-state index contributed by atoms with van der Waals surface area (Å²) in [6.45, 7) is 5.19. The Balaban J connectivity index is 1.84. The number of ether oxygens (including phenoxy) is 2. The highest BCUT2D eigenvalue weighted by molar-refractivity contribution is 7.21. The van der Waals surface area contributed by atoms with Crippen LogP contribution in [0.5, 0.6) is 11.5 Å². The number of fused-ring (bicyclic) bond motifs is 2. The van der Waals surface area contributed by atoms with Gasteiger partial charge in [-0.15, -0.1) is 0 Å². The van der Waals surface area contributed by atoms with Gasteiger partial charge in [0.05, 0.1) is 5.39 Å². The van der Waals surface area contributed by atoms with Crippen LogP contribution in [0.3, 0.4) is 0 Å². The Labute approximate surface area is 148 Å². The maximum Gasteiger partial charge on any atom is 0.282 e. The SMILES string of the molecule is CC(C)N(c1ccc2c(c1)OCCO2)c1nc(=O)c2cccnc2s1. The van der Waals surface area contributed by atoms with Gasteiger partial charge in [0.2, 0.25) is 0 Å². The molecular formula is C18H17N3O3S. The number of hydrogen-bond acceptors (Lipinski definition) is 7. The molecule has 25 heavy (non-hydrogen) atoms. The molecule has 2 aromatic heterocycles. The van der Waals surface area contributed by atoms with E-state index in [2.05, 4.69) is 23.8 Å². The predicted molar refractivity (Wildman–Crippen MR) is 98.4 cm³/mol. The van der Waals surface area contributed by atoms with Crippen molar-refractivity contribution in [3.05, 3.63) is 46.9 Å². The van der Waals surface area contributed by atoms with E-state index in [1.165, 1.54) is 11.3 Å². The summed E-state index contributed by atoms with van der Waals surface area (Å²) < 4.78 is 11.3. The summed E-state index contributed by atoms with van der Waals surface area (Å²) in [6.07, 6.45) is 1.69. The smallest absolute Gasteiger partial charge is 0.282 e. The average molecular weight is 355 g/mol. The molecular weight excluding hydrogens is 338 g/mol. The Bertz CT molecular complexity index is 987. The van der Waals surface area contributed by atoms with E-state index in [9.17, 15) is 4.79 Å². The minimum atomic E-state index is -0.264. The van der Waals surface area contributed by atoms with Crippen molar-refractivity contribution >= 4 is 32.4 Å². The van der Waals surface area contributed by atoms with Crippen LogP contribution >= 0.6 is 11.3 Å². The molecule has 0 saturated heterocycles. The van der Waals surface area contributed by atoms with Gasteiger partial charge in [0, 0.05) is 24.0 Å². The Hall–Kier alpha value is -2.67. The summed E-state index contributed by atoms with van der Waals surface area (Å²) in [6, 6.07) is 9.37. The van der Waals surface area contributed by atoms with Crippen LogP contribution in [0.4, 0.5) is 10.8 Å². The van der Waals surface area contributed by atoms with Gasteiger partial charge in [-0.2, -0.15) is 4.98 Å². The van der Waals surface area contributed by atoms with Gasteiger partial charge in [0.15, 0.2) is 16.6 Å². The lowest BCUT2D eigenvalue weighted by atomic mass is 10.2. The number of rotatable bonds is 3. The van der Waals surface area contributed by atoms with Crippen LogP contribution in [-0.4, -0.2) is 29.2 Å². The second-order valence-electron chi connectivity index (χ2n) is 5.95. The van der Waals surface area contributed by atoms with E-state index in [4.69, 9.17) is 9.47 Å². The van der Waals surface area contributed by atoms with E-state index >= 15 is 0 Å². The monoisotopic (exact) mass is 355 g/mol. The molecule has 0 amide bonds. The van der Waals surface area contributed by atoms with E-state index in [-0.39, 0.29) is 11.6 Å². The van der Waals surface area contributed by atoms with Gasteiger partial charge in [-0.25, -0.2) is 4.98 Å². The highest BCUT2D eigenvalue weighted by Crippen LogP contribution is 2.38. The van der Waals surface area contributed by atoms with Crippen molar-refractivity contribution in [2.75, 3.05) is 18.1 Å². The highest BCUT2D eigenvalue weighted by Gasteiger charge is 2.20. The maximum atomic E-state index is 12.4. The fourth-order valence-electron chi connectivity index (χ4n) is 2.81. The molecule has 0 atom stereocenters. The molecule has 0 fully saturated rings. The van der Waals surface area contributed by atoms with E-state index in [1.807, 2.05) is 23.1 Å². The summed E-state index contributed by atoms with van der Waals surface area (Å²) in [5, 5.41) is 1.16. The first-order valence-electron chi connectivity index (χ1n) is 8.08. The van der Waals surface area contributed by atoms with Crippen LogP contribution in [0.15, 0.2) is 41.3 Å². The third-order valence-corrected chi connectivity index (χ3v) is 4.90. The minimum absolute atomic E-state index is 0.104. The Kier molecular flexibility index (Phi) is 4.01. The van der Waals surface area contributed by atoms with Crippen molar-refractivity contribution in [3.63, 3.8) is 0 Å². The zero-order chi connectivity index (χ0) is 17.4. The van der Waals surface area contributed by atoms with Crippen LogP contribution in [0.1, 0.15) is 13.8 Å². The largest absolute Gasteiger partial charge is 0.486 e. The molecule has 0 radical (unpaired) electrons. The van der Waals surface area contributed by atoms with Crippen LogP contribution in [0, 0.1) is 0 Å². The van der Waals surface area contributed by atoms with Crippen molar-refractivity contribution in [1.82, 2.24) is 9.97 Å². The number of nitrogens with zero attached hydrogens (tertiary/aromatic N) is 3. The lowest BCUT2D eigenvalue weighted by Gasteiger charge is -2.28. The molecule has 7 heteroatoms. The van der Waals surface area contributed by atoms with Gasteiger partial charge in [0.25, 0.3) is 5.56 Å². The standard InChI is InChI=1S/C18H17N3O3S/c1-11(2)21(12-5-6-14-15(10-12)24-9-8-23-14)18-20-16(22)13-4-3-7-19-17(13)25-18/h3-7,10-11H,8-9H2,1-2H3. The van der Waals surface area contributed by atoms with Crippen molar-refractivity contribution in [2.45, 2.75) is 19.9 Å². The molecule has 1 aliphatic heterocycles. The summed E-state index contributed by atoms with van der Waals surface area (Å²) in [4.78, 5) is 23.7. The van der Waals surface area contributed by atoms with E-state index in [1.54, 1.807) is 18.3 Å². The van der Waals surface area contributed by atoms with Crippen molar-refractivity contribution in [2.24, 2.45) is 0 Å². The zero-order valence-corrected chi connectivity index (χ0v) is 14.7. The first-order chi connectivity index (χ1) is 12.1. The third-order valence-electron chi connectivity index (χ3n) is 3.91.